The van der Waals surface area contributed by atoms with Gasteiger partial charge in [-0.25, -0.2) is 0 Å². The third-order valence-electron chi connectivity index (χ3n) is 7.02. The molecule has 2 atom stereocenters. The van der Waals surface area contributed by atoms with E-state index in [1.807, 2.05) is 13.3 Å². The Balaban J connectivity index is 1.83. The summed E-state index contributed by atoms with van der Waals surface area (Å²) < 4.78 is 0. The Kier molecular flexibility index (Phi) is 6.98. The highest BCUT2D eigenvalue weighted by molar-refractivity contribution is 5.71. The maximum Gasteiger partial charge on any atom is 0.0430 e. The van der Waals surface area contributed by atoms with Crippen molar-refractivity contribution in [1.29, 1.82) is 0 Å². The molecule has 0 heterocycles. The molecule has 0 saturated heterocycles. The van der Waals surface area contributed by atoms with Crippen molar-refractivity contribution in [3.05, 3.63) is 70.5 Å². The molecular formula is C29H42N2. The van der Waals surface area contributed by atoms with Gasteiger partial charge in [-0.15, -0.1) is 0 Å². The van der Waals surface area contributed by atoms with Crippen LogP contribution in [0.2, 0.25) is 0 Å². The van der Waals surface area contributed by atoms with Crippen molar-refractivity contribution in [2.45, 2.75) is 73.3 Å². The van der Waals surface area contributed by atoms with Crippen molar-refractivity contribution in [3.8, 4) is 0 Å². The van der Waals surface area contributed by atoms with Crippen molar-refractivity contribution in [2.24, 2.45) is 22.2 Å². The van der Waals surface area contributed by atoms with Crippen LogP contribution < -0.4 is 0 Å². The Bertz CT molecular complexity index is 882. The molecule has 0 aromatic heterocycles. The number of allylic oxidation sites excluding steroid dienone is 5. The highest BCUT2D eigenvalue weighted by atomic mass is 15.1. The largest absolute Gasteiger partial charge is 0.367 e. The molecule has 1 fully saturated rings. The summed E-state index contributed by atoms with van der Waals surface area (Å²) in [7, 11) is 1.83. The van der Waals surface area contributed by atoms with Gasteiger partial charge >= 0.3 is 0 Å². The molecule has 0 amide bonds. The van der Waals surface area contributed by atoms with Gasteiger partial charge in [0.1, 0.15) is 0 Å². The highest BCUT2D eigenvalue weighted by Gasteiger charge is 2.41. The van der Waals surface area contributed by atoms with Crippen LogP contribution in [0.15, 0.2) is 64.3 Å². The van der Waals surface area contributed by atoms with Gasteiger partial charge in [0.2, 0.25) is 0 Å². The van der Waals surface area contributed by atoms with Gasteiger partial charge in [0.25, 0.3) is 0 Å². The minimum atomic E-state index is 0.189. The van der Waals surface area contributed by atoms with E-state index < -0.39 is 0 Å². The summed E-state index contributed by atoms with van der Waals surface area (Å²) in [6.07, 6.45) is 11.6. The molecule has 31 heavy (non-hydrogen) atoms. The van der Waals surface area contributed by atoms with Crippen LogP contribution in [0.5, 0.6) is 0 Å². The number of hydrogen-bond donors (Lipinski definition) is 0. The van der Waals surface area contributed by atoms with Gasteiger partial charge in [-0.1, -0.05) is 83.5 Å². The topological polar surface area (TPSA) is 15.6 Å². The molecular weight excluding hydrogens is 376 g/mol. The maximum absolute atomic E-state index is 4.17. The summed E-state index contributed by atoms with van der Waals surface area (Å²) in [5, 5.41) is 0. The number of nitrogens with zero attached hydrogens (tertiary/aromatic N) is 2. The lowest BCUT2D eigenvalue weighted by Gasteiger charge is -2.47. The van der Waals surface area contributed by atoms with Gasteiger partial charge in [0, 0.05) is 32.0 Å². The van der Waals surface area contributed by atoms with Gasteiger partial charge in [-0.05, 0) is 65.2 Å². The number of aliphatic imine (C=N–C) groups is 1. The zero-order valence-electron chi connectivity index (χ0n) is 21.0. The van der Waals surface area contributed by atoms with Crippen molar-refractivity contribution in [1.82, 2.24) is 4.90 Å². The van der Waals surface area contributed by atoms with Crippen molar-refractivity contribution >= 4 is 6.21 Å². The minimum Gasteiger partial charge on any atom is -0.367 e. The number of benzene rings is 1. The molecule has 2 aliphatic rings. The van der Waals surface area contributed by atoms with E-state index in [2.05, 4.69) is 101 Å². The summed E-state index contributed by atoms with van der Waals surface area (Å²) >= 11 is 0. The van der Waals surface area contributed by atoms with Gasteiger partial charge in [-0.2, -0.15) is 0 Å². The molecule has 0 spiro atoms. The lowest BCUT2D eigenvalue weighted by atomic mass is 9.59. The van der Waals surface area contributed by atoms with E-state index in [0.29, 0.717) is 0 Å². The summed E-state index contributed by atoms with van der Waals surface area (Å²) in [5.41, 5.74) is 7.72. The molecule has 3 rings (SSSR count). The monoisotopic (exact) mass is 418 g/mol. The fraction of sp³-hybridized carbons (Fsp3) is 0.552. The first-order valence-corrected chi connectivity index (χ1v) is 11.8. The van der Waals surface area contributed by atoms with Crippen LogP contribution in [0, 0.1) is 17.3 Å². The van der Waals surface area contributed by atoms with E-state index in [-0.39, 0.29) is 10.8 Å². The molecule has 1 unspecified atom stereocenters. The van der Waals surface area contributed by atoms with Crippen molar-refractivity contribution in [3.63, 3.8) is 0 Å². The molecule has 0 aliphatic heterocycles. The van der Waals surface area contributed by atoms with E-state index in [1.165, 1.54) is 29.7 Å². The van der Waals surface area contributed by atoms with Crippen LogP contribution in [0.3, 0.4) is 0 Å². The molecule has 0 bridgehead atoms. The van der Waals surface area contributed by atoms with Crippen LogP contribution in [-0.4, -0.2) is 24.7 Å². The van der Waals surface area contributed by atoms with Gasteiger partial charge in [0.05, 0.1) is 0 Å². The summed E-state index contributed by atoms with van der Waals surface area (Å²) in [5.74, 6) is 1.46. The molecule has 0 radical (unpaired) electrons. The van der Waals surface area contributed by atoms with Gasteiger partial charge in [0.15, 0.2) is 0 Å². The standard InChI is InChI=1S/C29H42N2/c1-21(17-18-30-8)31(19-22-9-12-24(13-10-22)28(2,3)4)20-23-11-16-27(29(5,6)7)26-15-14-25(23)26/h9-13,16-18,25-26H,14-15,19-20H2,1-8H3/b21-17+,30-18-/t25-,26?/m1/s1. The van der Waals surface area contributed by atoms with Crippen LogP contribution in [0.1, 0.15) is 72.4 Å². The van der Waals surface area contributed by atoms with Crippen LogP contribution >= 0.6 is 0 Å². The molecule has 0 N–H and O–H groups in total. The molecule has 168 valence electrons. The molecule has 1 aromatic carbocycles. The lowest BCUT2D eigenvalue weighted by Crippen LogP contribution is -2.38. The van der Waals surface area contributed by atoms with E-state index >= 15 is 0 Å². The van der Waals surface area contributed by atoms with Crippen LogP contribution in [0.4, 0.5) is 0 Å². The van der Waals surface area contributed by atoms with Crippen LogP contribution in [0.25, 0.3) is 0 Å². The Morgan fingerprint density at radius 1 is 0.935 bits per heavy atom. The fourth-order valence-electron chi connectivity index (χ4n) is 4.88. The Morgan fingerprint density at radius 2 is 1.58 bits per heavy atom. The average Bonchev–Trinajstić information content (AvgIpc) is 2.65. The Morgan fingerprint density at radius 3 is 2.10 bits per heavy atom. The number of fused-ring (bicyclic) bond motifs is 1. The first-order valence-electron chi connectivity index (χ1n) is 11.8. The normalized spacial score (nSPS) is 22.0. The van der Waals surface area contributed by atoms with Crippen molar-refractivity contribution < 1.29 is 0 Å². The maximum atomic E-state index is 4.17. The summed E-state index contributed by atoms with van der Waals surface area (Å²) in [6.45, 7) is 18.0. The molecule has 1 aromatic rings. The Hall–Kier alpha value is -2.09. The lowest BCUT2D eigenvalue weighted by molar-refractivity contribution is 0.201. The first-order chi connectivity index (χ1) is 14.5. The Labute approximate surface area is 190 Å². The average molecular weight is 419 g/mol. The summed E-state index contributed by atoms with van der Waals surface area (Å²) in [4.78, 5) is 6.69. The highest BCUT2D eigenvalue weighted by Crippen LogP contribution is 2.51. The third-order valence-corrected chi connectivity index (χ3v) is 7.02. The minimum absolute atomic E-state index is 0.189. The van der Waals surface area contributed by atoms with Gasteiger partial charge in [-0.3, -0.25) is 4.99 Å². The SMILES string of the molecule is C/N=C\C=C(/C)N(CC1=CC=C(C(C)(C)C)C2CC[C@H]12)Cc1ccc(C(C)(C)C)cc1. The zero-order chi connectivity index (χ0) is 22.8. The van der Waals surface area contributed by atoms with E-state index in [9.17, 15) is 0 Å². The number of hydrogen-bond acceptors (Lipinski definition) is 2. The van der Waals surface area contributed by atoms with Gasteiger partial charge < -0.3 is 4.90 Å². The second-order valence-electron chi connectivity index (χ2n) is 11.4. The predicted molar refractivity (Wildman–Crippen MR) is 136 cm³/mol. The van der Waals surface area contributed by atoms with Crippen LogP contribution in [-0.2, 0) is 12.0 Å². The smallest absolute Gasteiger partial charge is 0.0430 e. The second kappa shape index (κ2) is 9.18. The van der Waals surface area contributed by atoms with E-state index in [4.69, 9.17) is 0 Å². The third kappa shape index (κ3) is 5.59. The molecule has 1 saturated carbocycles. The van der Waals surface area contributed by atoms with E-state index in [0.717, 1.165) is 24.9 Å². The quantitative estimate of drug-likeness (QED) is 0.442. The van der Waals surface area contributed by atoms with E-state index in [1.54, 1.807) is 11.1 Å². The predicted octanol–water partition coefficient (Wildman–Crippen LogP) is 7.33. The molecule has 2 heteroatoms. The summed E-state index contributed by atoms with van der Waals surface area (Å²) in [6, 6.07) is 9.18. The molecule has 2 aliphatic carbocycles. The first kappa shape index (κ1) is 23.6. The fourth-order valence-corrected chi connectivity index (χ4v) is 4.88. The van der Waals surface area contributed by atoms with Crippen molar-refractivity contribution in [2.75, 3.05) is 13.6 Å². The zero-order valence-corrected chi connectivity index (χ0v) is 21.0. The molecule has 2 nitrogen and oxygen atoms in total. The number of rotatable bonds is 6. The second-order valence-corrected chi connectivity index (χ2v) is 11.4.